The predicted octanol–water partition coefficient (Wildman–Crippen LogP) is 1.66. The molecular formula is C15H20N2O2. The van der Waals surface area contributed by atoms with Crippen LogP contribution in [0.1, 0.15) is 37.4 Å². The van der Waals surface area contributed by atoms with Crippen molar-refractivity contribution in [3.05, 3.63) is 35.4 Å². The van der Waals surface area contributed by atoms with Gasteiger partial charge in [-0.05, 0) is 24.5 Å². The molecule has 1 heterocycles. The number of carbonyl (C=O) groups is 2. The second-order valence-electron chi connectivity index (χ2n) is 4.75. The highest BCUT2D eigenvalue weighted by atomic mass is 16.2. The molecule has 1 N–H and O–H groups in total. The van der Waals surface area contributed by atoms with E-state index in [1.54, 1.807) is 4.90 Å². The molecule has 0 aliphatic carbocycles. The van der Waals surface area contributed by atoms with Crippen molar-refractivity contribution in [2.45, 2.75) is 32.7 Å². The van der Waals surface area contributed by atoms with E-state index in [2.05, 4.69) is 5.32 Å². The van der Waals surface area contributed by atoms with E-state index in [-0.39, 0.29) is 11.8 Å². The van der Waals surface area contributed by atoms with Gasteiger partial charge in [0.25, 0.3) is 0 Å². The van der Waals surface area contributed by atoms with Crippen LogP contribution in [0.25, 0.3) is 0 Å². The number of rotatable bonds is 4. The molecule has 1 aliphatic rings. The lowest BCUT2D eigenvalue weighted by Crippen LogP contribution is -2.47. The minimum Gasteiger partial charge on any atom is -0.354 e. The molecule has 1 aromatic carbocycles. The van der Waals surface area contributed by atoms with Gasteiger partial charge in [-0.25, -0.2) is 0 Å². The molecule has 0 fully saturated rings. The number of hydrogen-bond donors (Lipinski definition) is 1. The number of fused-ring (bicyclic) bond motifs is 1. The summed E-state index contributed by atoms with van der Waals surface area (Å²) in [6.45, 7) is 5.12. The summed E-state index contributed by atoms with van der Waals surface area (Å²) in [5.74, 6) is -0.0537. The molecule has 0 saturated carbocycles. The molecule has 2 amide bonds. The van der Waals surface area contributed by atoms with Crippen LogP contribution in [-0.2, 0) is 16.0 Å². The van der Waals surface area contributed by atoms with Crippen molar-refractivity contribution < 1.29 is 9.59 Å². The molecule has 1 atom stereocenters. The number of nitrogens with one attached hydrogen (secondary N) is 1. The van der Waals surface area contributed by atoms with Gasteiger partial charge in [-0.2, -0.15) is 0 Å². The molecule has 0 unspecified atom stereocenters. The van der Waals surface area contributed by atoms with E-state index in [1.165, 1.54) is 0 Å². The maximum atomic E-state index is 12.3. The molecule has 1 aliphatic heterocycles. The van der Waals surface area contributed by atoms with Crippen molar-refractivity contribution in [2.75, 3.05) is 13.1 Å². The van der Waals surface area contributed by atoms with Gasteiger partial charge >= 0.3 is 0 Å². The van der Waals surface area contributed by atoms with E-state index in [1.807, 2.05) is 38.1 Å². The molecule has 2 rings (SSSR count). The van der Waals surface area contributed by atoms with Crippen LogP contribution in [0.5, 0.6) is 0 Å². The van der Waals surface area contributed by atoms with Crippen LogP contribution in [0.3, 0.4) is 0 Å². The molecule has 0 radical (unpaired) electrons. The normalized spacial score (nSPS) is 18.1. The third-order valence-corrected chi connectivity index (χ3v) is 3.46. The van der Waals surface area contributed by atoms with E-state index in [9.17, 15) is 9.59 Å². The fourth-order valence-corrected chi connectivity index (χ4v) is 2.52. The van der Waals surface area contributed by atoms with E-state index in [4.69, 9.17) is 0 Å². The SMILES string of the molecule is CCCNC(=O)[C@@H]1c2ccccc2CC(=O)N1CC. The second kappa shape index (κ2) is 5.87. The number of likely N-dealkylation sites (N-methyl/N-ethyl adjacent to an activating group) is 1. The lowest BCUT2D eigenvalue weighted by Gasteiger charge is -2.35. The van der Waals surface area contributed by atoms with Gasteiger partial charge in [-0.15, -0.1) is 0 Å². The maximum absolute atomic E-state index is 12.3. The number of nitrogens with zero attached hydrogens (tertiary/aromatic N) is 1. The highest BCUT2D eigenvalue weighted by molar-refractivity contribution is 5.92. The zero-order valence-corrected chi connectivity index (χ0v) is 11.5. The standard InChI is InChI=1S/C15H20N2O2/c1-3-9-16-15(19)14-12-8-6-5-7-11(12)10-13(18)17(14)4-2/h5-8,14H,3-4,9-10H2,1-2H3,(H,16,19)/t14-/m0/s1. The Balaban J connectivity index is 2.35. The Morgan fingerprint density at radius 1 is 1.37 bits per heavy atom. The molecule has 0 saturated heterocycles. The van der Waals surface area contributed by atoms with Gasteiger partial charge in [0, 0.05) is 13.1 Å². The van der Waals surface area contributed by atoms with E-state index in [0.717, 1.165) is 17.5 Å². The lowest BCUT2D eigenvalue weighted by atomic mass is 9.91. The van der Waals surface area contributed by atoms with E-state index in [0.29, 0.717) is 19.5 Å². The van der Waals surface area contributed by atoms with E-state index >= 15 is 0 Å². The first kappa shape index (κ1) is 13.6. The van der Waals surface area contributed by atoms with Crippen LogP contribution >= 0.6 is 0 Å². The first-order valence-corrected chi connectivity index (χ1v) is 6.84. The molecule has 0 spiro atoms. The molecular weight excluding hydrogens is 240 g/mol. The molecule has 0 bridgehead atoms. The Kier molecular flexibility index (Phi) is 4.20. The minimum absolute atomic E-state index is 0.0258. The highest BCUT2D eigenvalue weighted by Gasteiger charge is 2.35. The van der Waals surface area contributed by atoms with Crippen molar-refractivity contribution in [3.63, 3.8) is 0 Å². The zero-order valence-electron chi connectivity index (χ0n) is 11.5. The fraction of sp³-hybridized carbons (Fsp3) is 0.467. The summed E-state index contributed by atoms with van der Waals surface area (Å²) in [6.07, 6.45) is 1.28. The molecule has 102 valence electrons. The van der Waals surface area contributed by atoms with Gasteiger partial charge < -0.3 is 10.2 Å². The molecule has 0 aromatic heterocycles. The van der Waals surface area contributed by atoms with Gasteiger partial charge in [-0.3, -0.25) is 9.59 Å². The summed E-state index contributed by atoms with van der Waals surface area (Å²) in [6, 6.07) is 7.23. The molecule has 1 aromatic rings. The number of amides is 2. The van der Waals surface area contributed by atoms with Crippen LogP contribution in [0.15, 0.2) is 24.3 Å². The summed E-state index contributed by atoms with van der Waals surface area (Å²) in [7, 11) is 0. The van der Waals surface area contributed by atoms with Gasteiger partial charge in [0.1, 0.15) is 6.04 Å². The maximum Gasteiger partial charge on any atom is 0.247 e. The number of hydrogen-bond acceptors (Lipinski definition) is 2. The van der Waals surface area contributed by atoms with Crippen molar-refractivity contribution >= 4 is 11.8 Å². The summed E-state index contributed by atoms with van der Waals surface area (Å²) >= 11 is 0. The quantitative estimate of drug-likeness (QED) is 0.895. The molecule has 4 nitrogen and oxygen atoms in total. The van der Waals surface area contributed by atoms with Crippen molar-refractivity contribution in [1.82, 2.24) is 10.2 Å². The Hall–Kier alpha value is -1.84. The predicted molar refractivity (Wildman–Crippen MR) is 73.6 cm³/mol. The fourth-order valence-electron chi connectivity index (χ4n) is 2.52. The average Bonchev–Trinajstić information content (AvgIpc) is 2.43. The number of benzene rings is 1. The van der Waals surface area contributed by atoms with Crippen LogP contribution < -0.4 is 5.32 Å². The summed E-state index contributed by atoms with van der Waals surface area (Å²) < 4.78 is 0. The second-order valence-corrected chi connectivity index (χ2v) is 4.75. The smallest absolute Gasteiger partial charge is 0.247 e. The molecule has 19 heavy (non-hydrogen) atoms. The van der Waals surface area contributed by atoms with Gasteiger partial charge in [-0.1, -0.05) is 31.2 Å². The van der Waals surface area contributed by atoms with Gasteiger partial charge in [0.15, 0.2) is 0 Å². The van der Waals surface area contributed by atoms with Gasteiger partial charge in [0.05, 0.1) is 6.42 Å². The van der Waals surface area contributed by atoms with Gasteiger partial charge in [0.2, 0.25) is 11.8 Å². The Morgan fingerprint density at radius 3 is 2.79 bits per heavy atom. The zero-order chi connectivity index (χ0) is 13.8. The van der Waals surface area contributed by atoms with Crippen LogP contribution in [-0.4, -0.2) is 29.8 Å². The third-order valence-electron chi connectivity index (χ3n) is 3.46. The first-order valence-electron chi connectivity index (χ1n) is 6.84. The van der Waals surface area contributed by atoms with Crippen LogP contribution in [0.4, 0.5) is 0 Å². The summed E-state index contributed by atoms with van der Waals surface area (Å²) in [5, 5.41) is 2.89. The largest absolute Gasteiger partial charge is 0.354 e. The topological polar surface area (TPSA) is 49.4 Å². The Morgan fingerprint density at radius 2 is 2.11 bits per heavy atom. The monoisotopic (exact) mass is 260 g/mol. The van der Waals surface area contributed by atoms with Crippen molar-refractivity contribution in [2.24, 2.45) is 0 Å². The summed E-state index contributed by atoms with van der Waals surface area (Å²) in [4.78, 5) is 26.1. The van der Waals surface area contributed by atoms with Crippen molar-refractivity contribution in [3.8, 4) is 0 Å². The Bertz CT molecular complexity index is 485. The summed E-state index contributed by atoms with van der Waals surface area (Å²) in [5.41, 5.74) is 1.92. The van der Waals surface area contributed by atoms with Crippen LogP contribution in [0.2, 0.25) is 0 Å². The third kappa shape index (κ3) is 2.62. The molecule has 4 heteroatoms. The van der Waals surface area contributed by atoms with Crippen LogP contribution in [0, 0.1) is 0 Å². The first-order chi connectivity index (χ1) is 9.19. The average molecular weight is 260 g/mol. The minimum atomic E-state index is -0.478. The lowest BCUT2D eigenvalue weighted by molar-refractivity contribution is -0.141. The number of carbonyl (C=O) groups excluding carboxylic acids is 2. The Labute approximate surface area is 113 Å². The highest BCUT2D eigenvalue weighted by Crippen LogP contribution is 2.30. The van der Waals surface area contributed by atoms with E-state index < -0.39 is 6.04 Å². The van der Waals surface area contributed by atoms with Crippen molar-refractivity contribution in [1.29, 1.82) is 0 Å².